The Labute approximate surface area is 179 Å². The van der Waals surface area contributed by atoms with Crippen LogP contribution < -0.4 is 10.6 Å². The van der Waals surface area contributed by atoms with Gasteiger partial charge in [-0.1, -0.05) is 17.7 Å². The number of carboxylic acids is 1. The SMILES string of the molecule is Cc1ccc(Cl)cc1NC(=O)c1nc[nH]c1C(=O)Nc1nc2ccc(C(=O)O)cc2[nH]1. The molecule has 156 valence electrons. The van der Waals surface area contributed by atoms with E-state index in [1.807, 2.05) is 0 Å². The quantitative estimate of drug-likeness (QED) is 0.321. The fourth-order valence-corrected chi connectivity index (χ4v) is 3.09. The van der Waals surface area contributed by atoms with Crippen molar-refractivity contribution in [3.63, 3.8) is 0 Å². The van der Waals surface area contributed by atoms with E-state index in [9.17, 15) is 14.4 Å². The zero-order valence-corrected chi connectivity index (χ0v) is 16.7. The van der Waals surface area contributed by atoms with Crippen molar-refractivity contribution in [2.75, 3.05) is 10.6 Å². The lowest BCUT2D eigenvalue weighted by Crippen LogP contribution is -2.21. The van der Waals surface area contributed by atoms with Crippen LogP contribution in [0.4, 0.5) is 11.6 Å². The third kappa shape index (κ3) is 4.09. The van der Waals surface area contributed by atoms with Gasteiger partial charge in [0.15, 0.2) is 5.69 Å². The molecule has 0 fully saturated rings. The Bertz CT molecular complexity index is 1340. The summed E-state index contributed by atoms with van der Waals surface area (Å²) < 4.78 is 0. The fraction of sp³-hybridized carbons (Fsp3) is 0.0500. The zero-order valence-electron chi connectivity index (χ0n) is 16.0. The molecule has 10 nitrogen and oxygen atoms in total. The summed E-state index contributed by atoms with van der Waals surface area (Å²) in [4.78, 5) is 50.1. The maximum atomic E-state index is 12.7. The minimum atomic E-state index is -1.08. The van der Waals surface area contributed by atoms with Crippen LogP contribution >= 0.6 is 11.6 Å². The van der Waals surface area contributed by atoms with Crippen molar-refractivity contribution >= 4 is 52.1 Å². The Morgan fingerprint density at radius 1 is 1.06 bits per heavy atom. The van der Waals surface area contributed by atoms with E-state index in [-0.39, 0.29) is 22.9 Å². The first kappa shape index (κ1) is 20.1. The summed E-state index contributed by atoms with van der Waals surface area (Å²) in [5.74, 6) is -2.23. The van der Waals surface area contributed by atoms with E-state index in [0.29, 0.717) is 21.7 Å². The van der Waals surface area contributed by atoms with Crippen LogP contribution in [-0.4, -0.2) is 42.8 Å². The molecule has 2 aromatic heterocycles. The van der Waals surface area contributed by atoms with Crippen LogP contribution in [0, 0.1) is 6.92 Å². The number of nitrogens with zero attached hydrogens (tertiary/aromatic N) is 2. The topological polar surface area (TPSA) is 153 Å². The van der Waals surface area contributed by atoms with Gasteiger partial charge in [-0.25, -0.2) is 14.8 Å². The number of fused-ring (bicyclic) bond motifs is 1. The number of aromatic carboxylic acids is 1. The number of carbonyl (C=O) groups is 3. The van der Waals surface area contributed by atoms with Gasteiger partial charge < -0.3 is 20.4 Å². The molecule has 2 heterocycles. The Kier molecular flexibility index (Phi) is 5.14. The molecule has 5 N–H and O–H groups in total. The highest BCUT2D eigenvalue weighted by Crippen LogP contribution is 2.21. The summed E-state index contributed by atoms with van der Waals surface area (Å²) in [5.41, 5.74) is 2.11. The van der Waals surface area contributed by atoms with Crippen molar-refractivity contribution < 1.29 is 19.5 Å². The van der Waals surface area contributed by atoms with Crippen LogP contribution in [0.1, 0.15) is 36.9 Å². The highest BCUT2D eigenvalue weighted by atomic mass is 35.5. The smallest absolute Gasteiger partial charge is 0.335 e. The molecular formula is C20H15ClN6O4. The number of benzene rings is 2. The van der Waals surface area contributed by atoms with E-state index < -0.39 is 17.8 Å². The minimum Gasteiger partial charge on any atom is -0.478 e. The standard InChI is InChI=1S/C20H15ClN6O4/c1-9-2-4-11(21)7-13(9)24-17(28)15-16(23-8-22-15)18(29)27-20-25-12-5-3-10(19(30)31)6-14(12)26-20/h2-8H,1H3,(H,22,23)(H,24,28)(H,30,31)(H2,25,26,27,29). The van der Waals surface area contributed by atoms with Gasteiger partial charge in [-0.15, -0.1) is 0 Å². The molecule has 0 spiro atoms. The van der Waals surface area contributed by atoms with Crippen LogP contribution in [0.5, 0.6) is 0 Å². The molecule has 0 aliphatic rings. The molecule has 0 radical (unpaired) electrons. The number of carboxylic acid groups (broad SMARTS) is 1. The maximum absolute atomic E-state index is 12.7. The lowest BCUT2D eigenvalue weighted by atomic mass is 10.2. The number of aromatic amines is 2. The second kappa shape index (κ2) is 7.92. The molecule has 0 saturated heterocycles. The molecule has 4 aromatic rings. The number of aryl methyl sites for hydroxylation is 1. The molecule has 2 amide bonds. The van der Waals surface area contributed by atoms with Gasteiger partial charge in [-0.05, 0) is 42.8 Å². The van der Waals surface area contributed by atoms with Gasteiger partial charge in [0, 0.05) is 10.7 Å². The number of H-pyrrole nitrogens is 2. The first-order valence-electron chi connectivity index (χ1n) is 8.97. The number of anilines is 2. The van der Waals surface area contributed by atoms with Crippen molar-refractivity contribution in [2.24, 2.45) is 0 Å². The first-order valence-corrected chi connectivity index (χ1v) is 9.35. The molecule has 0 atom stereocenters. The van der Waals surface area contributed by atoms with Crippen molar-refractivity contribution in [1.29, 1.82) is 0 Å². The number of hydrogen-bond donors (Lipinski definition) is 5. The highest BCUT2D eigenvalue weighted by Gasteiger charge is 2.22. The van der Waals surface area contributed by atoms with Gasteiger partial charge in [0.1, 0.15) is 5.69 Å². The van der Waals surface area contributed by atoms with Crippen LogP contribution in [0.25, 0.3) is 11.0 Å². The number of rotatable bonds is 5. The fourth-order valence-electron chi connectivity index (χ4n) is 2.92. The number of aromatic nitrogens is 4. The molecule has 0 aliphatic carbocycles. The number of hydrogen-bond acceptors (Lipinski definition) is 5. The summed E-state index contributed by atoms with van der Waals surface area (Å²) in [6, 6.07) is 9.39. The normalized spacial score (nSPS) is 10.8. The van der Waals surface area contributed by atoms with Gasteiger partial charge in [0.2, 0.25) is 5.95 Å². The average molecular weight is 439 g/mol. The van der Waals surface area contributed by atoms with E-state index in [2.05, 4.69) is 30.6 Å². The summed E-state index contributed by atoms with van der Waals surface area (Å²) in [6.07, 6.45) is 1.23. The molecule has 0 unspecified atom stereocenters. The van der Waals surface area contributed by atoms with Gasteiger partial charge in [-0.2, -0.15) is 0 Å². The highest BCUT2D eigenvalue weighted by molar-refractivity contribution is 6.31. The third-order valence-electron chi connectivity index (χ3n) is 4.49. The molecule has 0 bridgehead atoms. The van der Waals surface area contributed by atoms with E-state index in [4.69, 9.17) is 16.7 Å². The van der Waals surface area contributed by atoms with Crippen molar-refractivity contribution in [2.45, 2.75) is 6.92 Å². The van der Waals surface area contributed by atoms with Gasteiger partial charge in [0.25, 0.3) is 11.8 Å². The predicted octanol–water partition coefficient (Wildman–Crippen LogP) is 3.45. The van der Waals surface area contributed by atoms with Crippen molar-refractivity contribution in [3.8, 4) is 0 Å². The molecule has 2 aromatic carbocycles. The number of halogens is 1. The van der Waals surface area contributed by atoms with Crippen LogP contribution in [0.2, 0.25) is 5.02 Å². The summed E-state index contributed by atoms with van der Waals surface area (Å²) in [6.45, 7) is 1.81. The van der Waals surface area contributed by atoms with E-state index in [1.54, 1.807) is 25.1 Å². The van der Waals surface area contributed by atoms with Crippen LogP contribution in [-0.2, 0) is 0 Å². The lowest BCUT2D eigenvalue weighted by Gasteiger charge is -2.08. The molecule has 0 aliphatic heterocycles. The monoisotopic (exact) mass is 438 g/mol. The lowest BCUT2D eigenvalue weighted by molar-refractivity contribution is 0.0696. The minimum absolute atomic E-state index is 0.0659. The Balaban J connectivity index is 1.54. The Hall–Kier alpha value is -4.18. The predicted molar refractivity (Wildman–Crippen MR) is 114 cm³/mol. The largest absolute Gasteiger partial charge is 0.478 e. The van der Waals surface area contributed by atoms with Gasteiger partial charge >= 0.3 is 5.97 Å². The second-order valence-corrected chi connectivity index (χ2v) is 7.05. The molecule has 31 heavy (non-hydrogen) atoms. The number of imidazole rings is 2. The number of carbonyl (C=O) groups excluding carboxylic acids is 2. The molecular weight excluding hydrogens is 424 g/mol. The number of amides is 2. The first-order chi connectivity index (χ1) is 14.8. The Morgan fingerprint density at radius 3 is 2.65 bits per heavy atom. The number of nitrogens with one attached hydrogen (secondary N) is 4. The van der Waals surface area contributed by atoms with E-state index in [0.717, 1.165) is 5.56 Å². The average Bonchev–Trinajstić information content (AvgIpc) is 3.36. The van der Waals surface area contributed by atoms with E-state index >= 15 is 0 Å². The molecule has 0 saturated carbocycles. The second-order valence-electron chi connectivity index (χ2n) is 6.62. The molecule has 4 rings (SSSR count). The van der Waals surface area contributed by atoms with Gasteiger partial charge in [-0.3, -0.25) is 14.9 Å². The van der Waals surface area contributed by atoms with Gasteiger partial charge in [0.05, 0.1) is 22.9 Å². The summed E-state index contributed by atoms with van der Waals surface area (Å²) >= 11 is 5.98. The van der Waals surface area contributed by atoms with Crippen LogP contribution in [0.3, 0.4) is 0 Å². The van der Waals surface area contributed by atoms with Crippen LogP contribution in [0.15, 0.2) is 42.7 Å². The van der Waals surface area contributed by atoms with Crippen molar-refractivity contribution in [1.82, 2.24) is 19.9 Å². The summed E-state index contributed by atoms with van der Waals surface area (Å²) in [7, 11) is 0. The maximum Gasteiger partial charge on any atom is 0.335 e. The summed E-state index contributed by atoms with van der Waals surface area (Å²) in [5, 5.41) is 14.8. The third-order valence-corrected chi connectivity index (χ3v) is 4.73. The van der Waals surface area contributed by atoms with Crippen molar-refractivity contribution in [3.05, 3.63) is 70.3 Å². The Morgan fingerprint density at radius 2 is 1.87 bits per heavy atom. The molecule has 11 heteroatoms. The zero-order chi connectivity index (χ0) is 22.1. The van der Waals surface area contributed by atoms with E-state index in [1.165, 1.54) is 24.5 Å².